The van der Waals surface area contributed by atoms with Crippen molar-refractivity contribution >= 4 is 0 Å². The summed E-state index contributed by atoms with van der Waals surface area (Å²) >= 11 is 0. The van der Waals surface area contributed by atoms with E-state index in [1.54, 1.807) is 0 Å². The lowest BCUT2D eigenvalue weighted by atomic mass is 9.96. The summed E-state index contributed by atoms with van der Waals surface area (Å²) in [6.07, 6.45) is 2.49. The molecule has 2 saturated heterocycles. The molecule has 17 heavy (non-hydrogen) atoms. The van der Waals surface area contributed by atoms with Gasteiger partial charge in [-0.2, -0.15) is 0 Å². The molecule has 3 nitrogen and oxygen atoms in total. The van der Waals surface area contributed by atoms with Crippen LogP contribution in [0.4, 0.5) is 0 Å². The monoisotopic (exact) mass is 232 g/mol. The van der Waals surface area contributed by atoms with Gasteiger partial charge in [-0.3, -0.25) is 9.88 Å². The number of hydrogen-bond acceptors (Lipinski definition) is 3. The van der Waals surface area contributed by atoms with Gasteiger partial charge in [0.15, 0.2) is 0 Å². The summed E-state index contributed by atoms with van der Waals surface area (Å²) < 4.78 is 5.50. The summed E-state index contributed by atoms with van der Waals surface area (Å²) in [6, 6.07) is 4.39. The van der Waals surface area contributed by atoms with Crippen LogP contribution in [-0.2, 0) is 11.3 Å². The van der Waals surface area contributed by atoms with Gasteiger partial charge in [0.05, 0.1) is 12.3 Å². The van der Waals surface area contributed by atoms with E-state index < -0.39 is 0 Å². The maximum atomic E-state index is 5.50. The number of pyridine rings is 1. The van der Waals surface area contributed by atoms with Gasteiger partial charge in [-0.15, -0.1) is 0 Å². The van der Waals surface area contributed by atoms with Crippen LogP contribution in [0.3, 0.4) is 0 Å². The molecule has 2 fully saturated rings. The van der Waals surface area contributed by atoms with Crippen LogP contribution in [0.1, 0.15) is 35.7 Å². The Morgan fingerprint density at radius 3 is 2.94 bits per heavy atom. The number of likely N-dealkylation sites (tertiary alicyclic amines) is 1. The molecule has 3 heteroatoms. The molecule has 0 bridgehead atoms. The molecule has 0 spiro atoms. The fraction of sp³-hybridized carbons (Fsp3) is 0.643. The molecule has 0 aromatic carbocycles. The molecular formula is C14H20N2O. The first-order valence-corrected chi connectivity index (χ1v) is 6.59. The van der Waals surface area contributed by atoms with Crippen molar-refractivity contribution in [2.24, 2.45) is 0 Å². The van der Waals surface area contributed by atoms with Crippen LogP contribution < -0.4 is 0 Å². The van der Waals surface area contributed by atoms with Gasteiger partial charge in [0, 0.05) is 24.8 Å². The lowest BCUT2D eigenvalue weighted by molar-refractivity contribution is 0.169. The minimum atomic E-state index is 0.569. The molecule has 0 aliphatic carbocycles. The maximum absolute atomic E-state index is 5.50. The minimum absolute atomic E-state index is 0.569. The van der Waals surface area contributed by atoms with E-state index in [0.717, 1.165) is 31.9 Å². The molecule has 0 unspecified atom stereocenters. The van der Waals surface area contributed by atoms with Gasteiger partial charge in [0.1, 0.15) is 0 Å². The van der Waals surface area contributed by atoms with E-state index in [9.17, 15) is 0 Å². The van der Waals surface area contributed by atoms with E-state index >= 15 is 0 Å². The van der Waals surface area contributed by atoms with E-state index in [4.69, 9.17) is 9.72 Å². The third-order valence-corrected chi connectivity index (χ3v) is 3.84. The number of aryl methyl sites for hydroxylation is 1. The Morgan fingerprint density at radius 1 is 1.41 bits per heavy atom. The van der Waals surface area contributed by atoms with Crippen LogP contribution in [0.25, 0.3) is 0 Å². The van der Waals surface area contributed by atoms with Gasteiger partial charge in [0.25, 0.3) is 0 Å². The SMILES string of the molecule is Cc1ccc([C@@H]2CCOC2)c(CN2CCC2)n1. The van der Waals surface area contributed by atoms with Crippen molar-refractivity contribution in [3.63, 3.8) is 0 Å². The van der Waals surface area contributed by atoms with Gasteiger partial charge >= 0.3 is 0 Å². The van der Waals surface area contributed by atoms with Crippen LogP contribution in [0, 0.1) is 6.92 Å². The summed E-state index contributed by atoms with van der Waals surface area (Å²) in [4.78, 5) is 7.22. The summed E-state index contributed by atoms with van der Waals surface area (Å²) in [5.41, 5.74) is 3.82. The molecule has 3 rings (SSSR count). The summed E-state index contributed by atoms with van der Waals surface area (Å²) in [6.45, 7) is 7.34. The number of aromatic nitrogens is 1. The van der Waals surface area contributed by atoms with Crippen LogP contribution in [0.5, 0.6) is 0 Å². The highest BCUT2D eigenvalue weighted by Gasteiger charge is 2.23. The number of nitrogens with zero attached hydrogens (tertiary/aromatic N) is 2. The predicted octanol–water partition coefficient (Wildman–Crippen LogP) is 2.10. The van der Waals surface area contributed by atoms with Crippen molar-refractivity contribution in [2.45, 2.75) is 32.2 Å². The molecule has 1 atom stereocenters. The summed E-state index contributed by atoms with van der Waals surface area (Å²) in [5.74, 6) is 0.569. The summed E-state index contributed by atoms with van der Waals surface area (Å²) in [7, 11) is 0. The maximum Gasteiger partial charge on any atom is 0.0582 e. The average Bonchev–Trinajstić information content (AvgIpc) is 2.77. The standard InChI is InChI=1S/C14H20N2O/c1-11-3-4-13(12-5-8-17-10-12)14(15-11)9-16-6-2-7-16/h3-4,12H,2,5-10H2,1H3/t12-/m1/s1. The van der Waals surface area contributed by atoms with Gasteiger partial charge in [-0.05, 0) is 44.5 Å². The Hall–Kier alpha value is -0.930. The highest BCUT2D eigenvalue weighted by atomic mass is 16.5. The van der Waals surface area contributed by atoms with Crippen molar-refractivity contribution in [3.8, 4) is 0 Å². The zero-order chi connectivity index (χ0) is 11.7. The average molecular weight is 232 g/mol. The Bertz CT molecular complexity index is 395. The quantitative estimate of drug-likeness (QED) is 0.798. The minimum Gasteiger partial charge on any atom is -0.381 e. The number of hydrogen-bond donors (Lipinski definition) is 0. The second kappa shape index (κ2) is 4.75. The van der Waals surface area contributed by atoms with Gasteiger partial charge < -0.3 is 4.74 Å². The Labute approximate surface area is 103 Å². The van der Waals surface area contributed by atoms with Crippen molar-refractivity contribution in [2.75, 3.05) is 26.3 Å². The normalized spacial score (nSPS) is 24.9. The second-order valence-corrected chi connectivity index (χ2v) is 5.18. The predicted molar refractivity (Wildman–Crippen MR) is 67.0 cm³/mol. The molecule has 3 heterocycles. The lowest BCUT2D eigenvalue weighted by Gasteiger charge is -2.31. The van der Waals surface area contributed by atoms with Crippen molar-refractivity contribution < 1.29 is 4.74 Å². The molecule has 0 radical (unpaired) electrons. The first-order valence-electron chi connectivity index (χ1n) is 6.59. The second-order valence-electron chi connectivity index (χ2n) is 5.18. The van der Waals surface area contributed by atoms with Crippen molar-refractivity contribution in [1.29, 1.82) is 0 Å². The molecular weight excluding hydrogens is 212 g/mol. The molecule has 1 aromatic rings. The van der Waals surface area contributed by atoms with E-state index in [1.165, 1.54) is 30.8 Å². The molecule has 2 aliphatic rings. The first-order chi connectivity index (χ1) is 8.33. The fourth-order valence-electron chi connectivity index (χ4n) is 2.65. The van der Waals surface area contributed by atoms with E-state index in [-0.39, 0.29) is 0 Å². The third-order valence-electron chi connectivity index (χ3n) is 3.84. The zero-order valence-electron chi connectivity index (χ0n) is 10.5. The highest BCUT2D eigenvalue weighted by Crippen LogP contribution is 2.28. The van der Waals surface area contributed by atoms with Crippen LogP contribution >= 0.6 is 0 Å². The highest BCUT2D eigenvalue weighted by molar-refractivity contribution is 5.27. The fourth-order valence-corrected chi connectivity index (χ4v) is 2.65. The lowest BCUT2D eigenvalue weighted by Crippen LogP contribution is -2.37. The van der Waals surface area contributed by atoms with Crippen LogP contribution in [-0.4, -0.2) is 36.2 Å². The molecule has 0 N–H and O–H groups in total. The smallest absolute Gasteiger partial charge is 0.0582 e. The van der Waals surface area contributed by atoms with Gasteiger partial charge in [-0.25, -0.2) is 0 Å². The van der Waals surface area contributed by atoms with Gasteiger partial charge in [0.2, 0.25) is 0 Å². The van der Waals surface area contributed by atoms with Crippen LogP contribution in [0.2, 0.25) is 0 Å². The zero-order valence-corrected chi connectivity index (χ0v) is 10.5. The van der Waals surface area contributed by atoms with E-state index in [1.807, 2.05) is 0 Å². The molecule has 0 saturated carbocycles. The Kier molecular flexibility index (Phi) is 3.12. The van der Waals surface area contributed by atoms with E-state index in [2.05, 4.69) is 24.0 Å². The third kappa shape index (κ3) is 2.35. The molecule has 0 amide bonds. The van der Waals surface area contributed by atoms with Crippen LogP contribution in [0.15, 0.2) is 12.1 Å². The molecule has 92 valence electrons. The first kappa shape index (κ1) is 11.2. The molecule has 1 aromatic heterocycles. The topological polar surface area (TPSA) is 25.4 Å². The Morgan fingerprint density at radius 2 is 2.29 bits per heavy atom. The molecule has 2 aliphatic heterocycles. The largest absolute Gasteiger partial charge is 0.381 e. The van der Waals surface area contributed by atoms with E-state index in [0.29, 0.717) is 5.92 Å². The van der Waals surface area contributed by atoms with Gasteiger partial charge in [-0.1, -0.05) is 6.07 Å². The Balaban J connectivity index is 1.83. The van der Waals surface area contributed by atoms with Crippen molar-refractivity contribution in [1.82, 2.24) is 9.88 Å². The summed E-state index contributed by atoms with van der Waals surface area (Å²) in [5, 5.41) is 0. The number of ether oxygens (including phenoxy) is 1. The van der Waals surface area contributed by atoms with Crippen molar-refractivity contribution in [3.05, 3.63) is 29.1 Å². The number of rotatable bonds is 3.